The zero-order valence-electron chi connectivity index (χ0n) is 8.38. The third kappa shape index (κ3) is 3.56. The molecule has 4 heteroatoms. The Morgan fingerprint density at radius 3 is 2.62 bits per heavy atom. The molecule has 1 aliphatic rings. The Hall–Kier alpha value is -0.220. The van der Waals surface area contributed by atoms with Crippen molar-refractivity contribution in [3.05, 3.63) is 0 Å². The summed E-state index contributed by atoms with van der Waals surface area (Å²) in [6.45, 7) is 4.08. The van der Waals surface area contributed by atoms with Crippen LogP contribution in [0.3, 0.4) is 0 Å². The second-order valence-corrected chi connectivity index (χ2v) is 4.19. The number of hydrogen-bond donors (Lipinski definition) is 1. The smallest absolute Gasteiger partial charge is 0.219 e. The van der Waals surface area contributed by atoms with Crippen LogP contribution in [0.2, 0.25) is 0 Å². The fourth-order valence-corrected chi connectivity index (χ4v) is 2.09. The minimum Gasteiger partial charge on any atom is -0.353 e. The van der Waals surface area contributed by atoms with Crippen molar-refractivity contribution in [2.75, 3.05) is 19.3 Å². The van der Waals surface area contributed by atoms with Gasteiger partial charge in [-0.15, -0.1) is 0 Å². The molecule has 76 valence electrons. The van der Waals surface area contributed by atoms with Crippen molar-refractivity contribution in [3.63, 3.8) is 0 Å². The molecule has 13 heavy (non-hydrogen) atoms. The van der Waals surface area contributed by atoms with Crippen LogP contribution >= 0.6 is 11.9 Å². The number of amides is 1. The molecule has 1 fully saturated rings. The molecule has 3 nitrogen and oxygen atoms in total. The van der Waals surface area contributed by atoms with Crippen LogP contribution in [0, 0.1) is 0 Å². The maximum Gasteiger partial charge on any atom is 0.219 e. The number of rotatable bonds is 3. The van der Waals surface area contributed by atoms with Crippen molar-refractivity contribution in [2.24, 2.45) is 0 Å². The molecule has 0 radical (unpaired) electrons. The molecule has 0 aromatic heterocycles. The van der Waals surface area contributed by atoms with E-state index in [1.54, 1.807) is 11.9 Å². The van der Waals surface area contributed by atoms with Crippen molar-refractivity contribution in [3.8, 4) is 0 Å². The van der Waals surface area contributed by atoms with Crippen molar-refractivity contribution in [1.29, 1.82) is 0 Å². The molecule has 0 saturated carbocycles. The first-order chi connectivity index (χ1) is 6.26. The van der Waals surface area contributed by atoms with E-state index in [1.165, 1.54) is 0 Å². The van der Waals surface area contributed by atoms with E-state index in [0.29, 0.717) is 12.5 Å². The molecule has 0 aromatic rings. The van der Waals surface area contributed by atoms with Gasteiger partial charge in [0.15, 0.2) is 0 Å². The van der Waals surface area contributed by atoms with Gasteiger partial charge in [-0.2, -0.15) is 0 Å². The molecular weight excluding hydrogens is 184 g/mol. The van der Waals surface area contributed by atoms with Crippen molar-refractivity contribution in [2.45, 2.75) is 32.2 Å². The monoisotopic (exact) mass is 202 g/mol. The van der Waals surface area contributed by atoms with E-state index < -0.39 is 0 Å². The summed E-state index contributed by atoms with van der Waals surface area (Å²) in [5, 5.41) is 3.04. The topological polar surface area (TPSA) is 32.3 Å². The van der Waals surface area contributed by atoms with Crippen LogP contribution in [-0.4, -0.2) is 35.6 Å². The summed E-state index contributed by atoms with van der Waals surface area (Å²) in [7, 11) is 0. The quantitative estimate of drug-likeness (QED) is 0.699. The highest BCUT2D eigenvalue weighted by atomic mass is 32.2. The Morgan fingerprint density at radius 2 is 2.15 bits per heavy atom. The van der Waals surface area contributed by atoms with Crippen molar-refractivity contribution >= 4 is 17.9 Å². The number of piperidine rings is 1. The lowest BCUT2D eigenvalue weighted by atomic mass is 10.1. The standard InChI is InChI=1S/C9H18N2OS/c1-3-9(12)10-8-4-6-11(13-2)7-5-8/h8H,3-7H2,1-2H3,(H,10,12). The molecule has 0 atom stereocenters. The molecule has 0 unspecified atom stereocenters. The second-order valence-electron chi connectivity index (χ2n) is 3.31. The Balaban J connectivity index is 2.21. The van der Waals surface area contributed by atoms with E-state index in [2.05, 4.69) is 15.9 Å². The fourth-order valence-electron chi connectivity index (χ4n) is 1.51. The number of nitrogens with one attached hydrogen (secondary N) is 1. The van der Waals surface area contributed by atoms with Crippen LogP contribution in [0.1, 0.15) is 26.2 Å². The molecule has 0 bridgehead atoms. The van der Waals surface area contributed by atoms with Gasteiger partial charge in [-0.3, -0.25) is 9.10 Å². The van der Waals surface area contributed by atoms with Gasteiger partial charge in [0.1, 0.15) is 0 Å². The number of carbonyl (C=O) groups is 1. The Morgan fingerprint density at radius 1 is 1.54 bits per heavy atom. The zero-order chi connectivity index (χ0) is 9.68. The van der Waals surface area contributed by atoms with Gasteiger partial charge in [0.25, 0.3) is 0 Å². The summed E-state index contributed by atoms with van der Waals surface area (Å²) >= 11 is 1.79. The average Bonchev–Trinajstić information content (AvgIpc) is 2.19. The molecule has 1 aliphatic heterocycles. The summed E-state index contributed by atoms with van der Waals surface area (Å²) in [6.07, 6.45) is 4.88. The minimum atomic E-state index is 0.183. The van der Waals surface area contributed by atoms with E-state index in [0.717, 1.165) is 25.9 Å². The predicted molar refractivity (Wildman–Crippen MR) is 56.5 cm³/mol. The average molecular weight is 202 g/mol. The van der Waals surface area contributed by atoms with E-state index in [1.807, 2.05) is 6.92 Å². The molecule has 0 aliphatic carbocycles. The zero-order valence-corrected chi connectivity index (χ0v) is 9.19. The molecular formula is C9H18N2OS. The lowest BCUT2D eigenvalue weighted by Gasteiger charge is -2.30. The van der Waals surface area contributed by atoms with Gasteiger partial charge in [0, 0.05) is 25.6 Å². The highest BCUT2D eigenvalue weighted by molar-refractivity contribution is 7.96. The summed E-state index contributed by atoms with van der Waals surface area (Å²) in [6, 6.07) is 0.413. The molecule has 1 rings (SSSR count). The first-order valence-electron chi connectivity index (χ1n) is 4.84. The number of hydrogen-bond acceptors (Lipinski definition) is 3. The van der Waals surface area contributed by atoms with Gasteiger partial charge in [-0.1, -0.05) is 18.9 Å². The van der Waals surface area contributed by atoms with Crippen LogP contribution in [0.25, 0.3) is 0 Å². The normalized spacial score (nSPS) is 20.2. The molecule has 1 N–H and O–H groups in total. The first kappa shape index (κ1) is 10.9. The molecule has 0 aromatic carbocycles. The summed E-state index contributed by atoms with van der Waals surface area (Å²) in [5.41, 5.74) is 0. The first-order valence-corrected chi connectivity index (χ1v) is 6.02. The highest BCUT2D eigenvalue weighted by Gasteiger charge is 2.19. The van der Waals surface area contributed by atoms with Crippen LogP contribution in [0.15, 0.2) is 0 Å². The predicted octanol–water partition coefficient (Wildman–Crippen LogP) is 1.26. The van der Waals surface area contributed by atoms with Crippen LogP contribution in [0.4, 0.5) is 0 Å². The van der Waals surface area contributed by atoms with E-state index in [-0.39, 0.29) is 5.91 Å². The summed E-state index contributed by atoms with van der Waals surface area (Å²) in [5.74, 6) is 0.183. The SMILES string of the molecule is CCC(=O)NC1CCN(SC)CC1. The molecule has 1 amide bonds. The highest BCUT2D eigenvalue weighted by Crippen LogP contribution is 2.15. The maximum atomic E-state index is 11.1. The van der Waals surface area contributed by atoms with Gasteiger partial charge < -0.3 is 5.32 Å². The van der Waals surface area contributed by atoms with Gasteiger partial charge in [-0.05, 0) is 19.1 Å². The third-order valence-corrected chi connectivity index (χ3v) is 3.28. The van der Waals surface area contributed by atoms with Gasteiger partial charge in [0.2, 0.25) is 5.91 Å². The van der Waals surface area contributed by atoms with Crippen LogP contribution in [0.5, 0.6) is 0 Å². The molecule has 1 saturated heterocycles. The Kier molecular flexibility index (Phi) is 4.59. The lowest BCUT2D eigenvalue weighted by Crippen LogP contribution is -2.42. The minimum absolute atomic E-state index is 0.183. The summed E-state index contributed by atoms with van der Waals surface area (Å²) in [4.78, 5) is 11.1. The second kappa shape index (κ2) is 5.50. The van der Waals surface area contributed by atoms with Crippen molar-refractivity contribution in [1.82, 2.24) is 9.62 Å². The molecule has 1 heterocycles. The number of nitrogens with zero attached hydrogens (tertiary/aromatic N) is 1. The van der Waals surface area contributed by atoms with Crippen LogP contribution < -0.4 is 5.32 Å². The largest absolute Gasteiger partial charge is 0.353 e. The van der Waals surface area contributed by atoms with E-state index >= 15 is 0 Å². The van der Waals surface area contributed by atoms with Gasteiger partial charge in [0.05, 0.1) is 0 Å². The Bertz CT molecular complexity index is 167. The fraction of sp³-hybridized carbons (Fsp3) is 0.889. The molecule has 0 spiro atoms. The maximum absolute atomic E-state index is 11.1. The lowest BCUT2D eigenvalue weighted by molar-refractivity contribution is -0.121. The van der Waals surface area contributed by atoms with E-state index in [4.69, 9.17) is 0 Å². The van der Waals surface area contributed by atoms with Gasteiger partial charge >= 0.3 is 0 Å². The van der Waals surface area contributed by atoms with Crippen LogP contribution in [-0.2, 0) is 4.79 Å². The van der Waals surface area contributed by atoms with E-state index in [9.17, 15) is 4.79 Å². The van der Waals surface area contributed by atoms with Gasteiger partial charge in [-0.25, -0.2) is 0 Å². The Labute approximate surface area is 84.4 Å². The summed E-state index contributed by atoms with van der Waals surface area (Å²) < 4.78 is 2.34. The number of carbonyl (C=O) groups excluding carboxylic acids is 1. The van der Waals surface area contributed by atoms with Crippen molar-refractivity contribution < 1.29 is 4.79 Å². The third-order valence-electron chi connectivity index (χ3n) is 2.40.